The maximum atomic E-state index is 6.40. The minimum atomic E-state index is 0.134. The highest BCUT2D eigenvalue weighted by atomic mass is 35.5. The number of aromatic nitrogens is 1. The zero-order valence-corrected chi connectivity index (χ0v) is 9.93. The zero-order chi connectivity index (χ0) is 11.2. The van der Waals surface area contributed by atoms with Gasteiger partial charge in [0, 0.05) is 11.7 Å². The molecule has 0 bridgehead atoms. The summed E-state index contributed by atoms with van der Waals surface area (Å²) in [7, 11) is 0. The van der Waals surface area contributed by atoms with Gasteiger partial charge in [-0.05, 0) is 49.4 Å². The minimum absolute atomic E-state index is 0.134. The third-order valence-electron chi connectivity index (χ3n) is 4.09. The number of nitrogens with zero attached hydrogens (tertiary/aromatic N) is 1. The Morgan fingerprint density at radius 2 is 2.12 bits per heavy atom. The number of hydrogen-bond acceptors (Lipinski definition) is 3. The molecule has 1 saturated heterocycles. The summed E-state index contributed by atoms with van der Waals surface area (Å²) in [6, 6.07) is 4.03. The molecule has 3 N–H and O–H groups in total. The molecule has 16 heavy (non-hydrogen) atoms. The fourth-order valence-electron chi connectivity index (χ4n) is 3.10. The van der Waals surface area contributed by atoms with Crippen LogP contribution in [0.25, 0.3) is 0 Å². The number of rotatable bonds is 0. The van der Waals surface area contributed by atoms with E-state index in [1.807, 2.05) is 12.1 Å². The van der Waals surface area contributed by atoms with Gasteiger partial charge in [-0.2, -0.15) is 0 Å². The molecule has 2 heterocycles. The second-order valence-corrected chi connectivity index (χ2v) is 5.32. The molecule has 1 spiro atoms. The van der Waals surface area contributed by atoms with E-state index in [0.29, 0.717) is 5.15 Å². The Hall–Kier alpha value is -0.640. The lowest BCUT2D eigenvalue weighted by atomic mass is 9.74. The lowest BCUT2D eigenvalue weighted by Gasteiger charge is -2.37. The topological polar surface area (TPSA) is 50.9 Å². The largest absolute Gasteiger partial charge is 0.323 e. The van der Waals surface area contributed by atoms with Gasteiger partial charge in [0.1, 0.15) is 5.15 Å². The van der Waals surface area contributed by atoms with Gasteiger partial charge in [-0.1, -0.05) is 17.7 Å². The Morgan fingerprint density at radius 1 is 1.38 bits per heavy atom. The predicted octanol–water partition coefficient (Wildman–Crippen LogP) is 1.66. The summed E-state index contributed by atoms with van der Waals surface area (Å²) in [5, 5.41) is 3.97. The molecule has 0 amide bonds. The standard InChI is InChI=1S/C12H16ClN3/c13-10-2-1-8-9(16-10)7-12(11(8)14)3-5-15-6-4-12/h1-2,11,15H,3-7,14H2/t11-/m1/s1. The van der Waals surface area contributed by atoms with Gasteiger partial charge in [0.05, 0.1) is 0 Å². The highest BCUT2D eigenvalue weighted by Gasteiger charge is 2.45. The van der Waals surface area contributed by atoms with Crippen molar-refractivity contribution in [3.05, 3.63) is 28.5 Å². The second-order valence-electron chi connectivity index (χ2n) is 4.94. The highest BCUT2D eigenvalue weighted by molar-refractivity contribution is 6.29. The molecular weight excluding hydrogens is 222 g/mol. The molecule has 0 saturated carbocycles. The van der Waals surface area contributed by atoms with E-state index in [4.69, 9.17) is 17.3 Å². The van der Waals surface area contributed by atoms with E-state index in [2.05, 4.69) is 10.3 Å². The maximum absolute atomic E-state index is 6.40. The van der Waals surface area contributed by atoms with Gasteiger partial charge < -0.3 is 11.1 Å². The van der Waals surface area contributed by atoms with E-state index in [1.165, 1.54) is 5.56 Å². The Labute approximate surface area is 100 Å². The highest BCUT2D eigenvalue weighted by Crippen LogP contribution is 2.49. The Bertz CT molecular complexity index is 413. The average molecular weight is 238 g/mol. The summed E-state index contributed by atoms with van der Waals surface area (Å²) in [5.74, 6) is 0. The molecule has 1 aromatic rings. The Kier molecular flexibility index (Phi) is 2.42. The molecule has 1 fully saturated rings. The molecule has 86 valence electrons. The van der Waals surface area contributed by atoms with E-state index < -0.39 is 0 Å². The van der Waals surface area contributed by atoms with Crippen molar-refractivity contribution >= 4 is 11.6 Å². The van der Waals surface area contributed by atoms with Crippen LogP contribution in [0.3, 0.4) is 0 Å². The molecule has 1 aliphatic carbocycles. The van der Waals surface area contributed by atoms with E-state index in [1.54, 1.807) is 0 Å². The van der Waals surface area contributed by atoms with E-state index in [-0.39, 0.29) is 11.5 Å². The van der Waals surface area contributed by atoms with Gasteiger partial charge >= 0.3 is 0 Å². The zero-order valence-electron chi connectivity index (χ0n) is 9.17. The summed E-state index contributed by atoms with van der Waals surface area (Å²) in [5.41, 5.74) is 8.94. The molecule has 1 atom stereocenters. The second kappa shape index (κ2) is 3.69. The summed E-state index contributed by atoms with van der Waals surface area (Å²) in [6.45, 7) is 2.13. The molecule has 3 nitrogen and oxygen atoms in total. The molecule has 0 radical (unpaired) electrons. The first kappa shape index (κ1) is 10.5. The van der Waals surface area contributed by atoms with Crippen molar-refractivity contribution in [1.29, 1.82) is 0 Å². The lowest BCUT2D eigenvalue weighted by molar-refractivity contribution is 0.173. The van der Waals surface area contributed by atoms with Crippen LogP contribution in [-0.4, -0.2) is 18.1 Å². The smallest absolute Gasteiger partial charge is 0.129 e. The molecule has 1 aromatic heterocycles. The molecular formula is C12H16ClN3. The predicted molar refractivity (Wildman–Crippen MR) is 64.4 cm³/mol. The SMILES string of the molecule is N[C@@H]1c2ccc(Cl)nc2CC12CCNCC2. The number of fused-ring (bicyclic) bond motifs is 1. The van der Waals surface area contributed by atoms with Crippen LogP contribution in [0.2, 0.25) is 5.15 Å². The van der Waals surface area contributed by atoms with Crippen LogP contribution < -0.4 is 11.1 Å². The molecule has 1 aliphatic heterocycles. The number of pyridine rings is 1. The average Bonchev–Trinajstić information content (AvgIpc) is 2.53. The van der Waals surface area contributed by atoms with Gasteiger partial charge in [0.15, 0.2) is 0 Å². The maximum Gasteiger partial charge on any atom is 0.129 e. The summed E-state index contributed by atoms with van der Waals surface area (Å²) < 4.78 is 0. The molecule has 4 heteroatoms. The van der Waals surface area contributed by atoms with Crippen LogP contribution in [0.4, 0.5) is 0 Å². The number of nitrogens with two attached hydrogens (primary N) is 1. The van der Waals surface area contributed by atoms with Gasteiger partial charge in [0.25, 0.3) is 0 Å². The van der Waals surface area contributed by atoms with Crippen LogP contribution in [0.5, 0.6) is 0 Å². The van der Waals surface area contributed by atoms with Crippen molar-refractivity contribution in [2.24, 2.45) is 11.1 Å². The third-order valence-corrected chi connectivity index (χ3v) is 4.30. The summed E-state index contributed by atoms with van der Waals surface area (Å²) in [4.78, 5) is 4.42. The van der Waals surface area contributed by atoms with Crippen molar-refractivity contribution in [1.82, 2.24) is 10.3 Å². The van der Waals surface area contributed by atoms with Crippen LogP contribution in [0, 0.1) is 5.41 Å². The number of nitrogens with one attached hydrogen (secondary N) is 1. The van der Waals surface area contributed by atoms with Crippen molar-refractivity contribution in [3.8, 4) is 0 Å². The van der Waals surface area contributed by atoms with E-state index >= 15 is 0 Å². The lowest BCUT2D eigenvalue weighted by Crippen LogP contribution is -2.42. The van der Waals surface area contributed by atoms with Crippen molar-refractivity contribution in [3.63, 3.8) is 0 Å². The van der Waals surface area contributed by atoms with Crippen LogP contribution in [0.15, 0.2) is 12.1 Å². The first-order chi connectivity index (χ1) is 7.71. The number of halogens is 1. The quantitative estimate of drug-likeness (QED) is 0.675. The minimum Gasteiger partial charge on any atom is -0.323 e. The Morgan fingerprint density at radius 3 is 2.88 bits per heavy atom. The van der Waals surface area contributed by atoms with Crippen molar-refractivity contribution in [2.75, 3.05) is 13.1 Å². The number of piperidine rings is 1. The molecule has 2 aliphatic rings. The van der Waals surface area contributed by atoms with Crippen molar-refractivity contribution < 1.29 is 0 Å². The monoisotopic (exact) mass is 237 g/mol. The van der Waals surface area contributed by atoms with Crippen LogP contribution >= 0.6 is 11.6 Å². The molecule has 0 unspecified atom stereocenters. The fourth-order valence-corrected chi connectivity index (χ4v) is 3.26. The van der Waals surface area contributed by atoms with Gasteiger partial charge in [-0.25, -0.2) is 4.98 Å². The van der Waals surface area contributed by atoms with Crippen LogP contribution in [-0.2, 0) is 6.42 Å². The fraction of sp³-hybridized carbons (Fsp3) is 0.583. The Balaban J connectivity index is 1.98. The van der Waals surface area contributed by atoms with Crippen molar-refractivity contribution in [2.45, 2.75) is 25.3 Å². The third kappa shape index (κ3) is 1.46. The van der Waals surface area contributed by atoms with Gasteiger partial charge in [-0.15, -0.1) is 0 Å². The first-order valence-corrected chi connectivity index (χ1v) is 6.21. The summed E-state index contributed by atoms with van der Waals surface area (Å²) >= 11 is 5.93. The molecule has 3 rings (SSSR count). The van der Waals surface area contributed by atoms with Gasteiger partial charge in [-0.3, -0.25) is 0 Å². The molecule has 0 aromatic carbocycles. The number of hydrogen-bond donors (Lipinski definition) is 2. The van der Waals surface area contributed by atoms with Crippen LogP contribution in [0.1, 0.15) is 30.1 Å². The van der Waals surface area contributed by atoms with E-state index in [9.17, 15) is 0 Å². The summed E-state index contributed by atoms with van der Waals surface area (Å²) in [6.07, 6.45) is 3.27. The van der Waals surface area contributed by atoms with E-state index in [0.717, 1.165) is 38.0 Å². The normalized spacial score (nSPS) is 27.0. The van der Waals surface area contributed by atoms with Gasteiger partial charge in [0.2, 0.25) is 0 Å². The first-order valence-electron chi connectivity index (χ1n) is 5.83.